The molecule has 0 aromatic heterocycles. The van der Waals surface area contributed by atoms with Crippen molar-refractivity contribution in [3.05, 3.63) is 187 Å². The summed E-state index contributed by atoms with van der Waals surface area (Å²) >= 11 is 0. The maximum Gasteiger partial charge on any atom is 0.197 e. The molecule has 344 valence electrons. The summed E-state index contributed by atoms with van der Waals surface area (Å²) in [6.07, 6.45) is 8.05. The lowest BCUT2D eigenvalue weighted by molar-refractivity contribution is -0.0738. The van der Waals surface area contributed by atoms with Crippen LogP contribution in [0, 0.1) is 10.8 Å². The largest absolute Gasteiger partial charge is 0.490 e. The molecule has 2 unspecified atom stereocenters. The Morgan fingerprint density at radius 2 is 1.17 bits per heavy atom. The minimum atomic E-state index is -0.363. The summed E-state index contributed by atoms with van der Waals surface area (Å²) in [6.45, 7) is 31.3. The molecule has 2 atom stereocenters. The van der Waals surface area contributed by atoms with Crippen LogP contribution in [0.4, 0.5) is 0 Å². The smallest absolute Gasteiger partial charge is 0.197 e. The molecule has 0 fully saturated rings. The van der Waals surface area contributed by atoms with E-state index in [1.54, 1.807) is 0 Å². The number of aryl methyl sites for hydroxylation is 1. The third-order valence-electron chi connectivity index (χ3n) is 11.1. The van der Waals surface area contributed by atoms with Gasteiger partial charge in [0, 0.05) is 11.1 Å². The fraction of sp³-hybridized carbons (Fsp3) is 0.344. The summed E-state index contributed by atoms with van der Waals surface area (Å²) in [7, 11) is 0. The molecule has 0 spiro atoms. The van der Waals surface area contributed by atoms with Gasteiger partial charge in [-0.2, -0.15) is 0 Å². The summed E-state index contributed by atoms with van der Waals surface area (Å²) in [5, 5.41) is 0. The number of unbranched alkanes of at least 4 members (excludes halogenated alkanes) is 1. The van der Waals surface area contributed by atoms with Crippen molar-refractivity contribution < 1.29 is 18.9 Å². The molecule has 0 heterocycles. The normalized spacial score (nSPS) is 12.0. The van der Waals surface area contributed by atoms with Crippen LogP contribution < -0.4 is 14.2 Å². The lowest BCUT2D eigenvalue weighted by atomic mass is 9.69. The van der Waals surface area contributed by atoms with Crippen LogP contribution in [-0.2, 0) is 17.8 Å². The van der Waals surface area contributed by atoms with Gasteiger partial charge in [-0.25, -0.2) is 0 Å². The zero-order valence-corrected chi connectivity index (χ0v) is 41.2. The van der Waals surface area contributed by atoms with Crippen molar-refractivity contribution in [1.82, 2.24) is 0 Å². The average Bonchev–Trinajstić information content (AvgIpc) is 3.32. The maximum absolute atomic E-state index is 6.35. The Morgan fingerprint density at radius 3 is 1.69 bits per heavy atom. The Bertz CT molecular complexity index is 2220. The van der Waals surface area contributed by atoms with Gasteiger partial charge in [-0.15, -0.1) is 0 Å². The van der Waals surface area contributed by atoms with Crippen molar-refractivity contribution >= 4 is 12.2 Å². The molecule has 4 heteroatoms. The lowest BCUT2D eigenvalue weighted by Gasteiger charge is -2.36. The van der Waals surface area contributed by atoms with E-state index in [0.29, 0.717) is 31.2 Å². The zero-order chi connectivity index (χ0) is 47.2. The number of hydrogen-bond donors (Lipinski definition) is 0. The van der Waals surface area contributed by atoms with Crippen LogP contribution in [-0.4, -0.2) is 19.5 Å². The van der Waals surface area contributed by atoms with Crippen LogP contribution in [0.5, 0.6) is 17.2 Å². The van der Waals surface area contributed by atoms with Crippen LogP contribution in [0.3, 0.4) is 0 Å². The summed E-state index contributed by atoms with van der Waals surface area (Å²) in [4.78, 5) is 0. The highest BCUT2D eigenvalue weighted by atomic mass is 16.7. The highest BCUT2D eigenvalue weighted by Crippen LogP contribution is 2.43. The third kappa shape index (κ3) is 16.6. The van der Waals surface area contributed by atoms with Gasteiger partial charge < -0.3 is 18.9 Å². The molecule has 6 rings (SSSR count). The average molecular weight is 873 g/mol. The van der Waals surface area contributed by atoms with Crippen LogP contribution in [0.25, 0.3) is 34.4 Å². The first-order valence-corrected chi connectivity index (χ1v) is 23.6. The standard InChI is InChI=1S/C32H34O3.C27H36O.C2H6/c1-3-4-12-26-19-21-29(22-20-26)35-25(2)33-23-24-34-32-30(27-13-7-5-8-14-27)17-11-18-31(32)28-15-9-6-10-16-28;1-9-20-12-11-13-22(24(20)10-2)19-28-23-16-14-21(15-17-23)25(27(6,7)8)18-26(3,4)5;1-2/h5-11,13-22,25H,3-4,12,23-24H2,1-2H3;9-17,25H,1-2,18-19H2,3-8H3;1-2H3. The first-order valence-electron chi connectivity index (χ1n) is 23.6. The Labute approximate surface area is 393 Å². The second-order valence-electron chi connectivity index (χ2n) is 18.4. The van der Waals surface area contributed by atoms with E-state index >= 15 is 0 Å². The Hall–Kier alpha value is -5.84. The van der Waals surface area contributed by atoms with E-state index in [1.807, 2.05) is 93.6 Å². The fourth-order valence-electron chi connectivity index (χ4n) is 7.76. The molecular weight excluding hydrogens is 797 g/mol. The molecule has 0 saturated heterocycles. The van der Waals surface area contributed by atoms with Gasteiger partial charge in [-0.3, -0.25) is 0 Å². The van der Waals surface area contributed by atoms with Crippen LogP contribution in [0.2, 0.25) is 0 Å². The molecule has 0 aliphatic heterocycles. The van der Waals surface area contributed by atoms with E-state index in [1.165, 1.54) is 24.0 Å². The monoisotopic (exact) mass is 873 g/mol. The van der Waals surface area contributed by atoms with Gasteiger partial charge in [0.15, 0.2) is 6.29 Å². The molecule has 4 nitrogen and oxygen atoms in total. The quantitative estimate of drug-likeness (QED) is 0.0600. The predicted molar refractivity (Wildman–Crippen MR) is 279 cm³/mol. The van der Waals surface area contributed by atoms with Gasteiger partial charge in [0.2, 0.25) is 0 Å². The van der Waals surface area contributed by atoms with Crippen molar-refractivity contribution in [2.24, 2.45) is 10.8 Å². The summed E-state index contributed by atoms with van der Waals surface area (Å²) in [5.41, 5.74) is 10.9. The Kier molecular flexibility index (Phi) is 20.9. The molecule has 0 radical (unpaired) electrons. The van der Waals surface area contributed by atoms with E-state index in [2.05, 4.69) is 147 Å². The Morgan fingerprint density at radius 1 is 0.600 bits per heavy atom. The summed E-state index contributed by atoms with van der Waals surface area (Å²) < 4.78 is 24.3. The fourth-order valence-corrected chi connectivity index (χ4v) is 7.76. The van der Waals surface area contributed by atoms with Crippen molar-refractivity contribution in [1.29, 1.82) is 0 Å². The molecule has 6 aromatic carbocycles. The van der Waals surface area contributed by atoms with Crippen molar-refractivity contribution in [2.45, 2.75) is 114 Å². The van der Waals surface area contributed by atoms with Gasteiger partial charge in [0.1, 0.15) is 30.5 Å². The molecular formula is C61H76O4. The van der Waals surface area contributed by atoms with E-state index in [0.717, 1.165) is 69.0 Å². The van der Waals surface area contributed by atoms with Crippen molar-refractivity contribution in [2.75, 3.05) is 13.2 Å². The third-order valence-corrected chi connectivity index (χ3v) is 11.1. The van der Waals surface area contributed by atoms with Crippen molar-refractivity contribution in [3.63, 3.8) is 0 Å². The Balaban J connectivity index is 0.000000281. The maximum atomic E-state index is 6.35. The highest BCUT2D eigenvalue weighted by Gasteiger charge is 2.30. The summed E-state index contributed by atoms with van der Waals surface area (Å²) in [6, 6.07) is 50.1. The number of benzene rings is 6. The first-order chi connectivity index (χ1) is 31.3. The molecule has 65 heavy (non-hydrogen) atoms. The van der Waals surface area contributed by atoms with Gasteiger partial charge in [0.05, 0.1) is 6.61 Å². The van der Waals surface area contributed by atoms with Crippen LogP contribution in [0.1, 0.15) is 122 Å². The van der Waals surface area contributed by atoms with E-state index < -0.39 is 0 Å². The summed E-state index contributed by atoms with van der Waals surface area (Å²) in [5.74, 6) is 3.09. The van der Waals surface area contributed by atoms with E-state index in [9.17, 15) is 0 Å². The van der Waals surface area contributed by atoms with E-state index in [-0.39, 0.29) is 11.7 Å². The van der Waals surface area contributed by atoms with Crippen LogP contribution >= 0.6 is 0 Å². The molecule has 6 aromatic rings. The second-order valence-corrected chi connectivity index (χ2v) is 18.4. The molecule has 0 aliphatic carbocycles. The van der Waals surface area contributed by atoms with Crippen molar-refractivity contribution in [3.8, 4) is 39.5 Å². The number of rotatable bonds is 19. The van der Waals surface area contributed by atoms with Gasteiger partial charge in [-0.1, -0.05) is 215 Å². The molecule has 0 aliphatic rings. The van der Waals surface area contributed by atoms with Gasteiger partial charge in [0.25, 0.3) is 0 Å². The van der Waals surface area contributed by atoms with Crippen LogP contribution in [0.15, 0.2) is 159 Å². The molecule has 0 saturated carbocycles. The number of para-hydroxylation sites is 1. The zero-order valence-electron chi connectivity index (χ0n) is 41.2. The van der Waals surface area contributed by atoms with Gasteiger partial charge >= 0.3 is 0 Å². The topological polar surface area (TPSA) is 36.9 Å². The number of ether oxygens (including phenoxy) is 4. The second kappa shape index (κ2) is 26.2. The first kappa shape index (κ1) is 51.8. The highest BCUT2D eigenvalue weighted by molar-refractivity contribution is 5.82. The SMILES string of the molecule is C=Cc1cccc(COc2ccc(C(CC(C)(C)C)C(C)(C)C)cc2)c1C=C.CC.CCCCc1ccc(OC(C)OCCOc2c(-c3ccccc3)cccc2-c2ccccc2)cc1. The molecule has 0 N–H and O–H groups in total. The minimum Gasteiger partial charge on any atom is -0.490 e. The van der Waals surface area contributed by atoms with E-state index in [4.69, 9.17) is 18.9 Å². The lowest BCUT2D eigenvalue weighted by Crippen LogP contribution is -2.23. The van der Waals surface area contributed by atoms with Gasteiger partial charge in [-0.05, 0) is 106 Å². The minimum absolute atomic E-state index is 0.222. The number of hydrogen-bond acceptors (Lipinski definition) is 4. The molecule has 0 amide bonds. The predicted octanol–water partition coefficient (Wildman–Crippen LogP) is 17.3. The molecule has 0 bridgehead atoms.